The highest BCUT2D eigenvalue weighted by atomic mass is 35.5. The Morgan fingerprint density at radius 2 is 1.81 bits per heavy atom. The van der Waals surface area contributed by atoms with E-state index in [0.29, 0.717) is 16.7 Å². The van der Waals surface area contributed by atoms with Gasteiger partial charge in [0, 0.05) is 28.2 Å². The third kappa shape index (κ3) is 14.6. The molecule has 0 radical (unpaired) electrons. The van der Waals surface area contributed by atoms with Crippen molar-refractivity contribution in [1.82, 2.24) is 9.97 Å². The van der Waals surface area contributed by atoms with E-state index in [1.807, 2.05) is 96.2 Å². The lowest BCUT2D eigenvalue weighted by Gasteiger charge is -2.19. The molecule has 0 atom stereocenters. The van der Waals surface area contributed by atoms with Crippen molar-refractivity contribution in [2.75, 3.05) is 6.26 Å². The number of thioether (sulfide) groups is 2. The third-order valence-electron chi connectivity index (χ3n) is 4.53. The number of hydrogen-bond acceptors (Lipinski definition) is 7. The van der Waals surface area contributed by atoms with Crippen molar-refractivity contribution in [3.63, 3.8) is 0 Å². The van der Waals surface area contributed by atoms with Crippen LogP contribution < -0.4 is 0 Å². The van der Waals surface area contributed by atoms with E-state index in [-0.39, 0.29) is 5.60 Å². The first-order valence-corrected chi connectivity index (χ1v) is 15.3. The number of rotatable bonds is 11. The van der Waals surface area contributed by atoms with Crippen molar-refractivity contribution in [2.45, 2.75) is 97.1 Å². The molecule has 8 heteroatoms. The third-order valence-corrected chi connectivity index (χ3v) is 6.77. The van der Waals surface area contributed by atoms with Crippen molar-refractivity contribution in [2.24, 2.45) is 4.99 Å². The van der Waals surface area contributed by atoms with E-state index in [2.05, 4.69) is 29.6 Å². The molecule has 0 unspecified atom stereocenters. The van der Waals surface area contributed by atoms with Gasteiger partial charge in [-0.05, 0) is 65.0 Å². The van der Waals surface area contributed by atoms with Crippen molar-refractivity contribution < 1.29 is 9.53 Å². The van der Waals surface area contributed by atoms with E-state index in [1.165, 1.54) is 12.8 Å². The Labute approximate surface area is 238 Å². The summed E-state index contributed by atoms with van der Waals surface area (Å²) in [6.45, 7) is 16.3. The average molecular weight is 566 g/mol. The first kappa shape index (κ1) is 35.2. The Hall–Kier alpha value is -1.83. The Morgan fingerprint density at radius 3 is 2.27 bits per heavy atom. The number of halogens is 1. The van der Waals surface area contributed by atoms with Gasteiger partial charge in [-0.2, -0.15) is 0 Å². The number of hydrogen-bond donors (Lipinski definition) is 0. The van der Waals surface area contributed by atoms with E-state index >= 15 is 0 Å². The molecule has 0 aliphatic rings. The average Bonchev–Trinajstić information content (AvgIpc) is 2.87. The lowest BCUT2D eigenvalue weighted by Crippen LogP contribution is -2.17. The maximum absolute atomic E-state index is 9.60. The Kier molecular flexibility index (Phi) is 19.2. The van der Waals surface area contributed by atoms with Crippen LogP contribution in [0.3, 0.4) is 0 Å². The molecule has 5 nitrogen and oxygen atoms in total. The molecule has 2 aromatic rings. The van der Waals surface area contributed by atoms with Crippen LogP contribution in [0.4, 0.5) is 0 Å². The largest absolute Gasteiger partial charge is 0.462 e. The van der Waals surface area contributed by atoms with Crippen molar-refractivity contribution in [3.8, 4) is 0 Å². The monoisotopic (exact) mass is 565 g/mol. The van der Waals surface area contributed by atoms with Gasteiger partial charge in [0.15, 0.2) is 5.16 Å². The van der Waals surface area contributed by atoms with Crippen LogP contribution in [-0.4, -0.2) is 39.8 Å². The molecule has 206 valence electrons. The Bertz CT molecular complexity index is 970. The number of aliphatic imine (C=N–C) groups is 1. The van der Waals surface area contributed by atoms with Gasteiger partial charge in [0.25, 0.3) is 6.47 Å². The minimum absolute atomic E-state index is 0.318. The van der Waals surface area contributed by atoms with Crippen LogP contribution in [-0.2, 0) is 9.53 Å². The minimum Gasteiger partial charge on any atom is -0.462 e. The molecule has 0 aliphatic carbocycles. The van der Waals surface area contributed by atoms with Gasteiger partial charge in [-0.3, -0.25) is 9.79 Å². The molecule has 37 heavy (non-hydrogen) atoms. The van der Waals surface area contributed by atoms with Gasteiger partial charge in [-0.1, -0.05) is 76.0 Å². The smallest absolute Gasteiger partial charge is 0.293 e. The molecule has 0 saturated carbocycles. The maximum atomic E-state index is 9.60. The van der Waals surface area contributed by atoms with E-state index in [0.717, 1.165) is 39.9 Å². The normalized spacial score (nSPS) is 11.8. The van der Waals surface area contributed by atoms with Crippen LogP contribution in [0.2, 0.25) is 5.02 Å². The standard InChI is InChI=1S/C22H28ClN3S2.C5H10O2.C2H6/c1-5-9-18(10-6-2)28-21(19-13-14-25-22(26-19)27-4)20(24-7-3)16-11-8-12-17(23)15-16;1-5(2,3)7-4-6;1-2/h7-8,11-15,18H,5-6,9-10H2,1-4H3;4H,1-3H3;1-2H3/b21-20-,24-7?;;. The van der Waals surface area contributed by atoms with Crippen LogP contribution >= 0.6 is 35.1 Å². The van der Waals surface area contributed by atoms with Gasteiger partial charge in [0.05, 0.1) is 16.3 Å². The fourth-order valence-corrected chi connectivity index (χ4v) is 5.15. The molecule has 0 amide bonds. The highest BCUT2D eigenvalue weighted by molar-refractivity contribution is 8.09. The number of aromatic nitrogens is 2. The molecule has 0 bridgehead atoms. The van der Waals surface area contributed by atoms with Crippen LogP contribution in [0, 0.1) is 0 Å². The highest BCUT2D eigenvalue weighted by Gasteiger charge is 2.19. The molecule has 0 saturated heterocycles. The molecule has 0 fully saturated rings. The summed E-state index contributed by atoms with van der Waals surface area (Å²) in [4.78, 5) is 24.6. The van der Waals surface area contributed by atoms with Crippen LogP contribution in [0.25, 0.3) is 10.6 Å². The van der Waals surface area contributed by atoms with E-state index in [4.69, 9.17) is 21.6 Å². The summed E-state index contributed by atoms with van der Waals surface area (Å²) in [6, 6.07) is 9.86. The first-order valence-electron chi connectivity index (χ1n) is 12.8. The second kappa shape index (κ2) is 20.2. The number of benzene rings is 1. The second-order valence-electron chi connectivity index (χ2n) is 8.65. The molecule has 0 N–H and O–H groups in total. The Balaban J connectivity index is 0.00000124. The fraction of sp³-hybridized carbons (Fsp3) is 0.517. The predicted octanol–water partition coefficient (Wildman–Crippen LogP) is 9.45. The summed E-state index contributed by atoms with van der Waals surface area (Å²) in [6.07, 6.45) is 10.3. The SMILES string of the molecule is CC.CC(C)(C)OC=O.CC=N/C(=C(\SC(CCC)CCC)c1ccnc(SC)n1)c1cccc(Cl)c1. The van der Waals surface area contributed by atoms with E-state index in [9.17, 15) is 4.79 Å². The first-order chi connectivity index (χ1) is 17.7. The van der Waals surface area contributed by atoms with Gasteiger partial charge >= 0.3 is 0 Å². The zero-order valence-electron chi connectivity index (χ0n) is 23.9. The van der Waals surface area contributed by atoms with Crippen molar-refractivity contribution in [1.29, 1.82) is 0 Å². The van der Waals surface area contributed by atoms with Gasteiger partial charge < -0.3 is 4.74 Å². The second-order valence-corrected chi connectivity index (χ2v) is 11.2. The molecular weight excluding hydrogens is 522 g/mol. The highest BCUT2D eigenvalue weighted by Crippen LogP contribution is 2.41. The molecule has 0 spiro atoms. The summed E-state index contributed by atoms with van der Waals surface area (Å²) in [5.74, 6) is 0. The van der Waals surface area contributed by atoms with Gasteiger partial charge in [-0.25, -0.2) is 9.97 Å². The molecule has 0 aliphatic heterocycles. The molecule has 1 heterocycles. The van der Waals surface area contributed by atoms with Crippen LogP contribution in [0.15, 0.2) is 46.7 Å². The van der Waals surface area contributed by atoms with Gasteiger partial charge in [0.2, 0.25) is 0 Å². The summed E-state index contributed by atoms with van der Waals surface area (Å²) in [5, 5.41) is 2.00. The fourth-order valence-electron chi connectivity index (χ4n) is 3.05. The quantitative estimate of drug-likeness (QED) is 0.117. The summed E-state index contributed by atoms with van der Waals surface area (Å²) >= 11 is 9.72. The number of ether oxygens (including phenoxy) is 1. The molecular formula is C29H44ClN3O2S2. The lowest BCUT2D eigenvalue weighted by atomic mass is 10.1. The number of nitrogens with zero attached hydrogens (tertiary/aromatic N) is 3. The topological polar surface area (TPSA) is 64.4 Å². The van der Waals surface area contributed by atoms with E-state index < -0.39 is 0 Å². The summed E-state index contributed by atoms with van der Waals surface area (Å²) in [5.41, 5.74) is 2.52. The van der Waals surface area contributed by atoms with Crippen molar-refractivity contribution in [3.05, 3.63) is 52.8 Å². The number of carbonyl (C=O) groups excluding carboxylic acids is 1. The van der Waals surface area contributed by atoms with Crippen LogP contribution in [0.1, 0.15) is 92.3 Å². The van der Waals surface area contributed by atoms with Gasteiger partial charge in [-0.15, -0.1) is 11.8 Å². The number of carbonyl (C=O) groups is 1. The van der Waals surface area contributed by atoms with Crippen LogP contribution in [0.5, 0.6) is 0 Å². The maximum Gasteiger partial charge on any atom is 0.293 e. The molecule has 1 aromatic carbocycles. The lowest BCUT2D eigenvalue weighted by molar-refractivity contribution is -0.138. The zero-order chi connectivity index (χ0) is 28.3. The predicted molar refractivity (Wildman–Crippen MR) is 166 cm³/mol. The zero-order valence-corrected chi connectivity index (χ0v) is 26.3. The van der Waals surface area contributed by atoms with E-state index in [1.54, 1.807) is 11.8 Å². The van der Waals surface area contributed by atoms with Gasteiger partial charge in [0.1, 0.15) is 5.60 Å². The molecule has 2 rings (SSSR count). The summed E-state index contributed by atoms with van der Waals surface area (Å²) in [7, 11) is 0. The molecule has 1 aromatic heterocycles. The summed E-state index contributed by atoms with van der Waals surface area (Å²) < 4.78 is 4.55. The Morgan fingerprint density at radius 1 is 1.16 bits per heavy atom. The van der Waals surface area contributed by atoms with Crippen molar-refractivity contribution >= 4 is 58.4 Å². The minimum atomic E-state index is -0.318.